The van der Waals surface area contributed by atoms with Gasteiger partial charge in [-0.15, -0.1) is 12.4 Å². The number of halogens is 1. The first kappa shape index (κ1) is 19.9. The van der Waals surface area contributed by atoms with E-state index in [2.05, 4.69) is 6.92 Å². The van der Waals surface area contributed by atoms with Crippen molar-refractivity contribution in [2.24, 2.45) is 5.73 Å². The van der Waals surface area contributed by atoms with Crippen LogP contribution in [-0.2, 0) is 16.0 Å². The highest BCUT2D eigenvalue weighted by Gasteiger charge is 2.35. The molecule has 0 aliphatic heterocycles. The maximum Gasteiger partial charge on any atom is 0.326 e. The monoisotopic (exact) mass is 313 g/mol. The van der Waals surface area contributed by atoms with Crippen molar-refractivity contribution in [2.75, 3.05) is 6.61 Å². The lowest BCUT2D eigenvalue weighted by molar-refractivity contribution is -0.150. The summed E-state index contributed by atoms with van der Waals surface area (Å²) >= 11 is 0. The largest absolute Gasteiger partial charge is 0.465 e. The summed E-state index contributed by atoms with van der Waals surface area (Å²) in [5.41, 5.74) is 6.55. The minimum atomic E-state index is -0.898. The highest BCUT2D eigenvalue weighted by atomic mass is 35.5. The van der Waals surface area contributed by atoms with Crippen molar-refractivity contribution in [2.45, 2.75) is 57.9 Å². The van der Waals surface area contributed by atoms with Crippen molar-refractivity contribution in [1.29, 1.82) is 0 Å². The first-order chi connectivity index (χ1) is 9.62. The Morgan fingerprint density at radius 3 is 2.38 bits per heavy atom. The SMILES string of the molecule is CCCCCC[C@](N)(Cc1ccccc1)C(=O)OCC.Cl. The van der Waals surface area contributed by atoms with E-state index >= 15 is 0 Å². The van der Waals surface area contributed by atoms with Gasteiger partial charge in [0.15, 0.2) is 0 Å². The van der Waals surface area contributed by atoms with Gasteiger partial charge in [0.2, 0.25) is 0 Å². The predicted octanol–water partition coefficient (Wildman–Crippen LogP) is 3.88. The predicted molar refractivity (Wildman–Crippen MR) is 89.7 cm³/mol. The van der Waals surface area contributed by atoms with Crippen LogP contribution in [0.1, 0.15) is 51.5 Å². The molecule has 0 fully saturated rings. The maximum atomic E-state index is 12.2. The van der Waals surface area contributed by atoms with Crippen LogP contribution < -0.4 is 5.73 Å². The molecule has 0 amide bonds. The molecule has 1 rings (SSSR count). The van der Waals surface area contributed by atoms with Gasteiger partial charge in [-0.2, -0.15) is 0 Å². The minimum absolute atomic E-state index is 0. The topological polar surface area (TPSA) is 52.3 Å². The Hall–Kier alpha value is -1.06. The smallest absolute Gasteiger partial charge is 0.326 e. The molecule has 3 nitrogen and oxygen atoms in total. The molecule has 21 heavy (non-hydrogen) atoms. The molecule has 0 bridgehead atoms. The van der Waals surface area contributed by atoms with Crippen molar-refractivity contribution in [3.05, 3.63) is 35.9 Å². The van der Waals surface area contributed by atoms with Gasteiger partial charge in [0.1, 0.15) is 5.54 Å². The highest BCUT2D eigenvalue weighted by Crippen LogP contribution is 2.20. The Morgan fingerprint density at radius 1 is 1.14 bits per heavy atom. The van der Waals surface area contributed by atoms with Gasteiger partial charge in [-0.05, 0) is 18.9 Å². The fourth-order valence-electron chi connectivity index (χ4n) is 2.36. The van der Waals surface area contributed by atoms with Crippen LogP contribution in [0.25, 0.3) is 0 Å². The molecule has 2 N–H and O–H groups in total. The second-order valence-corrected chi connectivity index (χ2v) is 5.35. The van der Waals surface area contributed by atoms with Crippen LogP contribution in [0.15, 0.2) is 30.3 Å². The summed E-state index contributed by atoms with van der Waals surface area (Å²) in [6.45, 7) is 4.37. The van der Waals surface area contributed by atoms with Gasteiger partial charge in [-0.3, -0.25) is 4.79 Å². The highest BCUT2D eigenvalue weighted by molar-refractivity contribution is 5.85. The first-order valence-electron chi connectivity index (χ1n) is 7.62. The average molecular weight is 314 g/mol. The number of hydrogen-bond acceptors (Lipinski definition) is 3. The van der Waals surface area contributed by atoms with E-state index in [0.717, 1.165) is 18.4 Å². The van der Waals surface area contributed by atoms with Crippen molar-refractivity contribution < 1.29 is 9.53 Å². The van der Waals surface area contributed by atoms with E-state index in [0.29, 0.717) is 19.4 Å². The van der Waals surface area contributed by atoms with Gasteiger partial charge in [-0.25, -0.2) is 0 Å². The zero-order chi connectivity index (χ0) is 14.8. The number of carbonyl (C=O) groups is 1. The van der Waals surface area contributed by atoms with Crippen LogP contribution in [0.4, 0.5) is 0 Å². The van der Waals surface area contributed by atoms with Crippen LogP contribution in [0.5, 0.6) is 0 Å². The van der Waals surface area contributed by atoms with E-state index in [1.54, 1.807) is 0 Å². The summed E-state index contributed by atoms with van der Waals surface area (Å²) in [6, 6.07) is 9.92. The average Bonchev–Trinajstić information content (AvgIpc) is 2.45. The van der Waals surface area contributed by atoms with Crippen LogP contribution in [-0.4, -0.2) is 18.1 Å². The van der Waals surface area contributed by atoms with E-state index in [9.17, 15) is 4.79 Å². The van der Waals surface area contributed by atoms with E-state index in [1.807, 2.05) is 37.3 Å². The fourth-order valence-corrected chi connectivity index (χ4v) is 2.36. The van der Waals surface area contributed by atoms with Crippen LogP contribution >= 0.6 is 12.4 Å². The molecule has 0 aliphatic rings. The summed E-state index contributed by atoms with van der Waals surface area (Å²) in [7, 11) is 0. The molecule has 0 unspecified atom stereocenters. The molecular formula is C17H28ClNO2. The van der Waals surface area contributed by atoms with E-state index in [1.165, 1.54) is 12.8 Å². The zero-order valence-corrected chi connectivity index (χ0v) is 14.0. The van der Waals surface area contributed by atoms with E-state index < -0.39 is 5.54 Å². The van der Waals surface area contributed by atoms with E-state index in [-0.39, 0.29) is 18.4 Å². The van der Waals surface area contributed by atoms with Crippen molar-refractivity contribution >= 4 is 18.4 Å². The zero-order valence-electron chi connectivity index (χ0n) is 13.1. The molecular weight excluding hydrogens is 286 g/mol. The molecule has 1 aromatic rings. The van der Waals surface area contributed by atoms with Crippen molar-refractivity contribution in [3.8, 4) is 0 Å². The Labute approximate surface area is 134 Å². The third-order valence-electron chi connectivity index (χ3n) is 3.52. The molecule has 0 saturated heterocycles. The summed E-state index contributed by atoms with van der Waals surface area (Å²) in [4.78, 5) is 12.2. The van der Waals surface area contributed by atoms with Crippen molar-refractivity contribution in [3.63, 3.8) is 0 Å². The molecule has 1 atom stereocenters. The summed E-state index contributed by atoms with van der Waals surface area (Å²) in [6.07, 6.45) is 5.67. The van der Waals surface area contributed by atoms with Gasteiger partial charge in [0.05, 0.1) is 6.61 Å². The van der Waals surface area contributed by atoms with E-state index in [4.69, 9.17) is 10.5 Å². The molecule has 0 spiro atoms. The number of hydrogen-bond donors (Lipinski definition) is 1. The van der Waals surface area contributed by atoms with Crippen LogP contribution in [0.2, 0.25) is 0 Å². The Bertz CT molecular complexity index is 397. The number of esters is 1. The Kier molecular flexibility index (Phi) is 10.1. The lowest BCUT2D eigenvalue weighted by Gasteiger charge is -2.27. The lowest BCUT2D eigenvalue weighted by atomic mass is 9.86. The number of rotatable bonds is 9. The normalized spacial score (nSPS) is 13.1. The van der Waals surface area contributed by atoms with Crippen molar-refractivity contribution in [1.82, 2.24) is 0 Å². The third kappa shape index (κ3) is 6.96. The molecule has 0 radical (unpaired) electrons. The number of nitrogens with two attached hydrogens (primary N) is 1. The Balaban J connectivity index is 0.00000400. The quantitative estimate of drug-likeness (QED) is 0.556. The fraction of sp³-hybridized carbons (Fsp3) is 0.588. The van der Waals surface area contributed by atoms with Gasteiger partial charge < -0.3 is 10.5 Å². The number of ether oxygens (including phenoxy) is 1. The molecule has 0 aromatic heterocycles. The number of benzene rings is 1. The summed E-state index contributed by atoms with van der Waals surface area (Å²) < 4.78 is 5.17. The lowest BCUT2D eigenvalue weighted by Crippen LogP contribution is -2.51. The molecule has 0 saturated carbocycles. The summed E-state index contributed by atoms with van der Waals surface area (Å²) in [5.74, 6) is -0.277. The van der Waals surface area contributed by atoms with Gasteiger partial charge in [0, 0.05) is 6.42 Å². The molecule has 4 heteroatoms. The molecule has 1 aromatic carbocycles. The molecule has 0 heterocycles. The van der Waals surface area contributed by atoms with Gasteiger partial charge in [0.25, 0.3) is 0 Å². The molecule has 120 valence electrons. The Morgan fingerprint density at radius 2 is 1.81 bits per heavy atom. The van der Waals surface area contributed by atoms with Crippen LogP contribution in [0, 0.1) is 0 Å². The third-order valence-corrected chi connectivity index (χ3v) is 3.52. The number of carbonyl (C=O) groups excluding carboxylic acids is 1. The molecule has 0 aliphatic carbocycles. The summed E-state index contributed by atoms with van der Waals surface area (Å²) in [5, 5.41) is 0. The van der Waals surface area contributed by atoms with Crippen LogP contribution in [0.3, 0.4) is 0 Å². The minimum Gasteiger partial charge on any atom is -0.465 e. The maximum absolute atomic E-state index is 12.2. The number of unbranched alkanes of at least 4 members (excludes halogenated alkanes) is 3. The standard InChI is InChI=1S/C17H27NO2.ClH/c1-3-5-6-10-13-17(18,16(19)20-4-2)14-15-11-8-7-9-12-15;/h7-9,11-12H,3-6,10,13-14,18H2,1-2H3;1H/t17-;/m0./s1. The van der Waals surface area contributed by atoms with Gasteiger partial charge in [-0.1, -0.05) is 62.9 Å². The van der Waals surface area contributed by atoms with Gasteiger partial charge >= 0.3 is 5.97 Å². The second-order valence-electron chi connectivity index (χ2n) is 5.35. The first-order valence-corrected chi connectivity index (χ1v) is 7.62. The second kappa shape index (κ2) is 10.6.